The number of rotatable bonds is 5. The Labute approximate surface area is 63.6 Å². The maximum Gasteiger partial charge on any atom is 0.301 e. The molecule has 0 saturated carbocycles. The Kier molecular flexibility index (Phi) is 5.48. The van der Waals surface area contributed by atoms with Crippen molar-refractivity contribution in [1.29, 1.82) is 0 Å². The second kappa shape index (κ2) is 5.58. The molecule has 0 rings (SSSR count). The average Bonchev–Trinajstić information content (AvgIpc) is 1.85. The highest BCUT2D eigenvalue weighted by Gasteiger charge is 2.01. The van der Waals surface area contributed by atoms with Gasteiger partial charge in [0.15, 0.2) is 0 Å². The van der Waals surface area contributed by atoms with Gasteiger partial charge in [-0.1, -0.05) is 13.0 Å². The molecule has 0 bridgehead atoms. The number of hydrogen-bond donors (Lipinski definition) is 1. The first kappa shape index (κ1) is 9.81. The molecule has 1 N–H and O–H groups in total. The van der Waals surface area contributed by atoms with Gasteiger partial charge in [0.1, 0.15) is 0 Å². The number of hydrogen-bond acceptors (Lipinski definition) is 2. The van der Waals surface area contributed by atoms with Crippen LogP contribution in [0.15, 0.2) is 12.7 Å². The summed E-state index contributed by atoms with van der Waals surface area (Å²) >= 11 is -2.12. The van der Waals surface area contributed by atoms with Gasteiger partial charge in [-0.2, -0.15) is 4.21 Å². The zero-order valence-corrected chi connectivity index (χ0v) is 6.76. The van der Waals surface area contributed by atoms with E-state index < -0.39 is 11.4 Å². The highest BCUT2D eigenvalue weighted by molar-refractivity contribution is 7.74. The van der Waals surface area contributed by atoms with Crippen LogP contribution in [0.3, 0.4) is 0 Å². The van der Waals surface area contributed by atoms with E-state index in [1.54, 1.807) is 6.08 Å². The van der Waals surface area contributed by atoms with Crippen LogP contribution < -0.4 is 0 Å². The molecule has 0 aromatic rings. The summed E-state index contributed by atoms with van der Waals surface area (Å²) < 4.78 is 22.6. The van der Waals surface area contributed by atoms with Gasteiger partial charge in [0, 0.05) is 0 Å². The van der Waals surface area contributed by atoms with E-state index in [0.29, 0.717) is 6.61 Å². The van der Waals surface area contributed by atoms with E-state index in [0.717, 1.165) is 6.42 Å². The van der Waals surface area contributed by atoms with Gasteiger partial charge in [-0.05, 0) is 12.3 Å². The summed E-state index contributed by atoms with van der Waals surface area (Å²) in [5.74, 6) is 0.258. The van der Waals surface area contributed by atoms with Crippen molar-refractivity contribution in [1.82, 2.24) is 0 Å². The lowest BCUT2D eigenvalue weighted by atomic mass is 10.1. The van der Waals surface area contributed by atoms with E-state index in [9.17, 15) is 4.21 Å². The van der Waals surface area contributed by atoms with E-state index >= 15 is 0 Å². The molecule has 60 valence electrons. The van der Waals surface area contributed by atoms with Crippen LogP contribution in [0.4, 0.5) is 0 Å². The summed E-state index contributed by atoms with van der Waals surface area (Å²) in [5, 5.41) is 0. The van der Waals surface area contributed by atoms with E-state index in [1.807, 2.05) is 6.92 Å². The molecule has 0 amide bonds. The third-order valence-electron chi connectivity index (χ3n) is 1.02. The van der Waals surface area contributed by atoms with Crippen LogP contribution in [0.5, 0.6) is 0 Å². The van der Waals surface area contributed by atoms with Crippen LogP contribution in [0.2, 0.25) is 0 Å². The van der Waals surface area contributed by atoms with Gasteiger partial charge < -0.3 is 0 Å². The maximum absolute atomic E-state index is 9.97. The molecule has 4 heteroatoms. The van der Waals surface area contributed by atoms with E-state index in [4.69, 9.17) is 4.55 Å². The second-order valence-corrected chi connectivity index (χ2v) is 2.80. The predicted molar refractivity (Wildman–Crippen MR) is 40.7 cm³/mol. The molecule has 0 fully saturated rings. The van der Waals surface area contributed by atoms with Gasteiger partial charge in [-0.3, -0.25) is 8.74 Å². The lowest BCUT2D eigenvalue weighted by Gasteiger charge is -2.04. The van der Waals surface area contributed by atoms with Crippen molar-refractivity contribution in [2.24, 2.45) is 5.92 Å². The predicted octanol–water partition coefficient (Wildman–Crippen LogP) is 1.35. The van der Waals surface area contributed by atoms with E-state index in [2.05, 4.69) is 10.8 Å². The van der Waals surface area contributed by atoms with E-state index in [1.165, 1.54) is 0 Å². The van der Waals surface area contributed by atoms with Crippen LogP contribution in [0, 0.1) is 5.92 Å². The summed E-state index contributed by atoms with van der Waals surface area (Å²) in [5.41, 5.74) is 0. The molecule has 0 heterocycles. The fourth-order valence-electron chi connectivity index (χ4n) is 0.527. The molecule has 0 aromatic heterocycles. The SMILES string of the molecule is C=CCC(C)COS(=O)O. The standard InChI is InChI=1S/C6H12O3S/c1-3-4-6(2)5-9-10(7)8/h3,6H,1,4-5H2,2H3,(H,7,8). The molecule has 0 aromatic carbocycles. The molecular formula is C6H12O3S. The van der Waals surface area contributed by atoms with Gasteiger partial charge >= 0.3 is 11.4 Å². The minimum atomic E-state index is -2.12. The minimum absolute atomic E-state index is 0.258. The van der Waals surface area contributed by atoms with Crippen LogP contribution in [0.25, 0.3) is 0 Å². The monoisotopic (exact) mass is 164 g/mol. The summed E-state index contributed by atoms with van der Waals surface area (Å²) in [6.07, 6.45) is 2.56. The molecule has 0 aliphatic heterocycles. The first-order valence-electron chi connectivity index (χ1n) is 3.01. The normalized spacial score (nSPS) is 16.2. The van der Waals surface area contributed by atoms with Gasteiger partial charge in [0.25, 0.3) is 0 Å². The van der Waals surface area contributed by atoms with Gasteiger partial charge in [0.05, 0.1) is 6.61 Å². The molecule has 0 radical (unpaired) electrons. The summed E-state index contributed by atoms with van der Waals surface area (Å²) in [6.45, 7) is 5.76. The lowest BCUT2D eigenvalue weighted by molar-refractivity contribution is 0.259. The van der Waals surface area contributed by atoms with Crippen molar-refractivity contribution in [2.45, 2.75) is 13.3 Å². The minimum Gasteiger partial charge on any atom is -0.284 e. The highest BCUT2D eigenvalue weighted by atomic mass is 32.2. The van der Waals surface area contributed by atoms with Gasteiger partial charge in [-0.25, -0.2) is 0 Å². The van der Waals surface area contributed by atoms with Crippen LogP contribution in [-0.4, -0.2) is 15.4 Å². The number of allylic oxidation sites excluding steroid dienone is 1. The smallest absolute Gasteiger partial charge is 0.284 e. The Hall–Kier alpha value is -0.190. The van der Waals surface area contributed by atoms with Crippen molar-refractivity contribution >= 4 is 11.4 Å². The van der Waals surface area contributed by atoms with Gasteiger partial charge in [0.2, 0.25) is 0 Å². The fourth-order valence-corrected chi connectivity index (χ4v) is 0.876. The molecule has 2 atom stereocenters. The molecule has 3 nitrogen and oxygen atoms in total. The van der Waals surface area contributed by atoms with Crippen molar-refractivity contribution in [3.8, 4) is 0 Å². The fraction of sp³-hybridized carbons (Fsp3) is 0.667. The third kappa shape index (κ3) is 5.94. The van der Waals surface area contributed by atoms with Crippen molar-refractivity contribution in [3.63, 3.8) is 0 Å². The average molecular weight is 164 g/mol. The first-order chi connectivity index (χ1) is 4.66. The van der Waals surface area contributed by atoms with Crippen molar-refractivity contribution < 1.29 is 12.9 Å². The van der Waals surface area contributed by atoms with Gasteiger partial charge in [-0.15, -0.1) is 6.58 Å². The second-order valence-electron chi connectivity index (χ2n) is 2.13. The third-order valence-corrected chi connectivity index (χ3v) is 1.36. The Bertz CT molecular complexity index is 124. The Morgan fingerprint density at radius 3 is 2.90 bits per heavy atom. The molecule has 10 heavy (non-hydrogen) atoms. The van der Waals surface area contributed by atoms with Crippen LogP contribution >= 0.6 is 0 Å². The first-order valence-corrected chi connectivity index (χ1v) is 4.05. The Morgan fingerprint density at radius 2 is 2.50 bits per heavy atom. The van der Waals surface area contributed by atoms with Crippen molar-refractivity contribution in [2.75, 3.05) is 6.61 Å². The molecule has 0 aliphatic rings. The maximum atomic E-state index is 9.97. The quantitative estimate of drug-likeness (QED) is 0.493. The zero-order chi connectivity index (χ0) is 7.98. The molecular weight excluding hydrogens is 152 g/mol. The molecule has 0 saturated heterocycles. The molecule has 0 aliphatic carbocycles. The Morgan fingerprint density at radius 1 is 1.90 bits per heavy atom. The summed E-state index contributed by atoms with van der Waals surface area (Å²) in [7, 11) is 0. The highest BCUT2D eigenvalue weighted by Crippen LogP contribution is 2.02. The lowest BCUT2D eigenvalue weighted by Crippen LogP contribution is -2.06. The largest absolute Gasteiger partial charge is 0.301 e. The zero-order valence-electron chi connectivity index (χ0n) is 5.95. The summed E-state index contributed by atoms with van der Waals surface area (Å²) in [4.78, 5) is 0. The molecule has 2 unspecified atom stereocenters. The van der Waals surface area contributed by atoms with Crippen LogP contribution in [0.1, 0.15) is 13.3 Å². The van der Waals surface area contributed by atoms with Crippen LogP contribution in [-0.2, 0) is 15.5 Å². The topological polar surface area (TPSA) is 46.5 Å². The van der Waals surface area contributed by atoms with Crippen molar-refractivity contribution in [3.05, 3.63) is 12.7 Å². The Balaban J connectivity index is 3.29. The van der Waals surface area contributed by atoms with E-state index in [-0.39, 0.29) is 5.92 Å². The summed E-state index contributed by atoms with van der Waals surface area (Å²) in [6, 6.07) is 0. The molecule has 0 spiro atoms.